The fourth-order valence-electron chi connectivity index (χ4n) is 2.17. The van der Waals surface area contributed by atoms with E-state index in [0.29, 0.717) is 25.7 Å². The second kappa shape index (κ2) is 17.4. The quantitative estimate of drug-likeness (QED) is 0.459. The van der Waals surface area contributed by atoms with E-state index in [9.17, 15) is 19.8 Å². The van der Waals surface area contributed by atoms with E-state index >= 15 is 0 Å². The maximum absolute atomic E-state index is 9.72. The van der Waals surface area contributed by atoms with E-state index < -0.39 is 23.1 Å². The summed E-state index contributed by atoms with van der Waals surface area (Å²) < 4.78 is 0. The first-order valence-corrected chi connectivity index (χ1v) is 15.3. The van der Waals surface area contributed by atoms with Gasteiger partial charge in [-0.1, -0.05) is 0 Å². The molecule has 0 heterocycles. The average Bonchev–Trinajstić information content (AvgIpc) is 3.54. The fraction of sp³-hybridized carbons (Fsp3) is 0.917. The Labute approximate surface area is 209 Å². The molecular weight excluding hydrogens is 438 g/mol. The van der Waals surface area contributed by atoms with Gasteiger partial charge in [0.05, 0.1) is 11.9 Å². The van der Waals surface area contributed by atoms with E-state index in [1.807, 2.05) is 0 Å². The molecule has 0 unspecified atom stereocenters. The number of carbonyl (C=O) groups is 2. The predicted molar refractivity (Wildman–Crippen MR) is 128 cm³/mol. The van der Waals surface area contributed by atoms with Gasteiger partial charge in [0.2, 0.25) is 0 Å². The van der Waals surface area contributed by atoms with E-state index in [-0.39, 0.29) is 0 Å². The third-order valence-electron chi connectivity index (χ3n) is 4.76. The summed E-state index contributed by atoms with van der Waals surface area (Å²) in [6, 6.07) is 0. The standard InChI is InChI=1S/2C4H6O3.4C4H9.2Al/c2*5-3(6)4(7)1-2-4;4*1-4(2)3;;/h2*7H,1-2H2,(H,5,6);4*4H,1H2,2-3H3;;/q;;;;;;2*+1/p-2. The van der Waals surface area contributed by atoms with Gasteiger partial charge in [0.25, 0.3) is 0 Å². The average molecular weight is 485 g/mol. The summed E-state index contributed by atoms with van der Waals surface area (Å²) in [5.74, 6) is 1.04. The Kier molecular flexibility index (Phi) is 18.5. The number of aliphatic carboxylic acids is 2. The zero-order valence-electron chi connectivity index (χ0n) is 21.6. The van der Waals surface area contributed by atoms with Crippen LogP contribution in [0.2, 0.25) is 21.1 Å². The molecule has 184 valence electrons. The molecular formula is C24H46Al2O6. The first-order chi connectivity index (χ1) is 14.6. The van der Waals surface area contributed by atoms with Gasteiger partial charge in [-0.05, 0) is 25.7 Å². The number of carboxylic acid groups (broad SMARTS) is 2. The van der Waals surface area contributed by atoms with Crippen LogP contribution in [-0.2, 0) is 9.59 Å². The summed E-state index contributed by atoms with van der Waals surface area (Å²) in [6.45, 7) is 18.5. The third kappa shape index (κ3) is 21.8. The van der Waals surface area contributed by atoms with E-state index in [1.54, 1.807) is 0 Å². The summed E-state index contributed by atoms with van der Waals surface area (Å²) in [5.41, 5.74) is -2.89. The van der Waals surface area contributed by atoms with Crippen LogP contribution in [-0.4, -0.2) is 63.8 Å². The molecule has 0 amide bonds. The predicted octanol–water partition coefficient (Wildman–Crippen LogP) is 2.20. The molecule has 2 aliphatic carbocycles. The first kappa shape index (κ1) is 34.1. The number of rotatable bonds is 10. The molecule has 0 radical (unpaired) electrons. The number of hydrogen-bond acceptors (Lipinski definition) is 6. The van der Waals surface area contributed by atoms with Crippen LogP contribution in [0.4, 0.5) is 0 Å². The Morgan fingerprint density at radius 1 is 0.625 bits per heavy atom. The van der Waals surface area contributed by atoms with E-state index in [2.05, 4.69) is 55.4 Å². The van der Waals surface area contributed by atoms with E-state index in [0.717, 1.165) is 54.1 Å². The van der Waals surface area contributed by atoms with Crippen LogP contribution < -0.4 is 10.2 Å². The Balaban J connectivity index is 0. The van der Waals surface area contributed by atoms with Crippen molar-refractivity contribution in [3.8, 4) is 0 Å². The summed E-state index contributed by atoms with van der Waals surface area (Å²) in [6.07, 6.45) is 1.43. The third-order valence-corrected chi connectivity index (χ3v) is 9.86. The Hall–Kier alpha value is -0.0751. The van der Waals surface area contributed by atoms with Gasteiger partial charge in [0.1, 0.15) is 11.2 Å². The van der Waals surface area contributed by atoms with Crippen LogP contribution in [0.1, 0.15) is 81.1 Å². The van der Waals surface area contributed by atoms with Crippen molar-refractivity contribution in [1.29, 1.82) is 0 Å². The van der Waals surface area contributed by atoms with Crippen LogP contribution in [0, 0.1) is 23.7 Å². The topological polar surface area (TPSA) is 121 Å². The summed E-state index contributed by atoms with van der Waals surface area (Å²) in [7, 11) is 0. The largest absolute Gasteiger partial charge is 0.547 e. The molecule has 0 atom stereocenters. The van der Waals surface area contributed by atoms with Crippen LogP contribution in [0.15, 0.2) is 0 Å². The minimum atomic E-state index is -1.44. The fourth-order valence-corrected chi connectivity index (χ4v) is 5.22. The second-order valence-electron chi connectivity index (χ2n) is 10.7. The number of hydrogen-bond donors (Lipinski definition) is 2. The molecule has 32 heavy (non-hydrogen) atoms. The SMILES string of the molecule is CC(C)[CH2][Al+][CH2]C(C)C.CC(C)[CH2][Al+][CH2]C(C)C.O=C([O-])C1(O)CC1.O=C([O-])C1(O)CC1. The molecule has 0 saturated heterocycles. The van der Waals surface area contributed by atoms with Crippen molar-refractivity contribution < 1.29 is 30.0 Å². The van der Waals surface area contributed by atoms with Gasteiger partial charge < -0.3 is 30.0 Å². The van der Waals surface area contributed by atoms with Crippen molar-refractivity contribution in [3.05, 3.63) is 0 Å². The van der Waals surface area contributed by atoms with Gasteiger partial charge in [-0.15, -0.1) is 0 Å². The van der Waals surface area contributed by atoms with Crippen molar-refractivity contribution in [3.63, 3.8) is 0 Å². The van der Waals surface area contributed by atoms with Gasteiger partial charge >= 0.3 is 131 Å². The molecule has 2 aliphatic rings. The molecule has 0 aromatic heterocycles. The molecule has 8 heteroatoms. The van der Waals surface area contributed by atoms with Crippen LogP contribution in [0.3, 0.4) is 0 Å². The molecule has 0 bridgehead atoms. The van der Waals surface area contributed by atoms with Crippen molar-refractivity contribution in [1.82, 2.24) is 0 Å². The maximum atomic E-state index is 9.72. The molecule has 2 fully saturated rings. The van der Waals surface area contributed by atoms with E-state index in [1.165, 1.54) is 21.1 Å². The monoisotopic (exact) mass is 484 g/mol. The number of carbonyl (C=O) groups excluding carboxylic acids is 2. The van der Waals surface area contributed by atoms with Gasteiger partial charge in [0, 0.05) is 0 Å². The molecule has 0 spiro atoms. The normalized spacial score (nSPS) is 16.4. The van der Waals surface area contributed by atoms with Gasteiger partial charge in [-0.25, -0.2) is 0 Å². The Bertz CT molecular complexity index is 451. The zero-order valence-corrected chi connectivity index (χ0v) is 24.0. The van der Waals surface area contributed by atoms with Crippen molar-refractivity contribution in [2.24, 2.45) is 23.7 Å². The first-order valence-electron chi connectivity index (χ1n) is 12.1. The molecule has 2 saturated carbocycles. The summed E-state index contributed by atoms with van der Waals surface area (Å²) in [5, 5.41) is 42.5. The summed E-state index contributed by atoms with van der Waals surface area (Å²) >= 11 is 1.51. The zero-order chi connectivity index (χ0) is 25.5. The maximum Gasteiger partial charge on any atom is 0.104 e. The van der Waals surface area contributed by atoms with Gasteiger partial charge in [-0.3, -0.25) is 0 Å². The molecule has 0 aliphatic heterocycles. The van der Waals surface area contributed by atoms with Gasteiger partial charge in [-0.2, -0.15) is 0 Å². The van der Waals surface area contributed by atoms with Crippen molar-refractivity contribution >= 4 is 42.4 Å². The molecule has 2 rings (SSSR count). The molecule has 0 aromatic rings. The van der Waals surface area contributed by atoms with Crippen LogP contribution in [0.5, 0.6) is 0 Å². The molecule has 6 nitrogen and oxygen atoms in total. The Morgan fingerprint density at radius 2 is 0.812 bits per heavy atom. The van der Waals surface area contributed by atoms with Gasteiger partial charge in [0.15, 0.2) is 0 Å². The number of aliphatic hydroxyl groups is 2. The van der Waals surface area contributed by atoms with Crippen LogP contribution in [0.25, 0.3) is 0 Å². The molecule has 2 N–H and O–H groups in total. The minimum absolute atomic E-state index is 0.356. The smallest absolute Gasteiger partial charge is 0.104 e. The number of carboxylic acids is 2. The minimum Gasteiger partial charge on any atom is -0.547 e. The molecule has 0 aromatic carbocycles. The van der Waals surface area contributed by atoms with Crippen LogP contribution >= 0.6 is 0 Å². The Morgan fingerprint density at radius 3 is 0.875 bits per heavy atom. The van der Waals surface area contributed by atoms with Crippen molar-refractivity contribution in [2.75, 3.05) is 0 Å². The second-order valence-corrected chi connectivity index (χ2v) is 13.8. The van der Waals surface area contributed by atoms with Crippen molar-refractivity contribution in [2.45, 2.75) is 113 Å². The summed E-state index contributed by atoms with van der Waals surface area (Å²) in [4.78, 5) is 19.4. The van der Waals surface area contributed by atoms with E-state index in [4.69, 9.17) is 10.2 Å².